The molecule has 24 heavy (non-hydrogen) atoms. The summed E-state index contributed by atoms with van der Waals surface area (Å²) in [6, 6.07) is 13.0. The molecule has 0 bridgehead atoms. The molecule has 0 aliphatic heterocycles. The summed E-state index contributed by atoms with van der Waals surface area (Å²) in [5.74, 6) is 0.364. The van der Waals surface area contributed by atoms with Gasteiger partial charge in [0.2, 0.25) is 10.0 Å². The number of likely N-dealkylation sites (N-methyl/N-ethyl adjacent to an activating group) is 1. The quantitative estimate of drug-likeness (QED) is 0.725. The second-order valence-corrected chi connectivity index (χ2v) is 7.66. The van der Waals surface area contributed by atoms with Gasteiger partial charge in [0.15, 0.2) is 0 Å². The molecule has 1 aromatic heterocycles. The minimum absolute atomic E-state index is 0.0293. The molecule has 2 aromatic rings. The Morgan fingerprint density at radius 3 is 2.46 bits per heavy atom. The highest BCUT2D eigenvalue weighted by molar-refractivity contribution is 7.92. The molecule has 2 rings (SSSR count). The molecule has 0 aliphatic carbocycles. The number of aryl methyl sites for hydroxylation is 1. The first-order chi connectivity index (χ1) is 11.4. The molecular formula is C17H24N4O2S. The second-order valence-electron chi connectivity index (χ2n) is 5.82. The Balaban J connectivity index is 1.85. The van der Waals surface area contributed by atoms with E-state index in [2.05, 4.69) is 19.9 Å². The maximum Gasteiger partial charge on any atom is 0.234 e. The van der Waals surface area contributed by atoms with Crippen molar-refractivity contribution in [2.75, 3.05) is 43.0 Å². The van der Waals surface area contributed by atoms with Crippen molar-refractivity contribution in [3.05, 3.63) is 54.2 Å². The van der Waals surface area contributed by atoms with E-state index < -0.39 is 10.0 Å². The first kappa shape index (κ1) is 18.2. The third kappa shape index (κ3) is 6.55. The van der Waals surface area contributed by atoms with Crippen molar-refractivity contribution in [3.8, 4) is 0 Å². The third-order valence-electron chi connectivity index (χ3n) is 3.41. The third-order valence-corrected chi connectivity index (χ3v) is 4.68. The number of pyridine rings is 1. The molecule has 0 aliphatic rings. The summed E-state index contributed by atoms with van der Waals surface area (Å²) >= 11 is 0. The van der Waals surface area contributed by atoms with Crippen LogP contribution >= 0.6 is 0 Å². The molecule has 0 spiro atoms. The average Bonchev–Trinajstić information content (AvgIpc) is 2.55. The fraction of sp³-hybridized carbons (Fsp3) is 0.353. The van der Waals surface area contributed by atoms with Gasteiger partial charge in [-0.1, -0.05) is 30.3 Å². The normalized spacial score (nSPS) is 11.5. The molecule has 1 heterocycles. The van der Waals surface area contributed by atoms with Crippen molar-refractivity contribution in [2.45, 2.75) is 6.42 Å². The van der Waals surface area contributed by atoms with E-state index >= 15 is 0 Å². The van der Waals surface area contributed by atoms with E-state index in [0.717, 1.165) is 24.3 Å². The van der Waals surface area contributed by atoms with Crippen LogP contribution in [-0.2, 0) is 16.4 Å². The maximum atomic E-state index is 12.1. The predicted octanol–water partition coefficient (Wildman–Crippen LogP) is 2.04. The molecule has 0 atom stereocenters. The van der Waals surface area contributed by atoms with Gasteiger partial charge in [-0.05, 0) is 38.2 Å². The Morgan fingerprint density at radius 1 is 1.08 bits per heavy atom. The Bertz CT molecular complexity index is 716. The van der Waals surface area contributed by atoms with E-state index in [0.29, 0.717) is 12.2 Å². The van der Waals surface area contributed by atoms with Gasteiger partial charge in [0.05, 0.1) is 17.6 Å². The molecule has 1 aromatic carbocycles. The summed E-state index contributed by atoms with van der Waals surface area (Å²) in [5.41, 5.74) is 1.86. The highest BCUT2D eigenvalue weighted by atomic mass is 32.2. The van der Waals surface area contributed by atoms with Gasteiger partial charge in [-0.2, -0.15) is 0 Å². The van der Waals surface area contributed by atoms with Crippen LogP contribution in [0.15, 0.2) is 48.7 Å². The fourth-order valence-electron chi connectivity index (χ4n) is 2.09. The summed E-state index contributed by atoms with van der Waals surface area (Å²) in [6.45, 7) is 1.71. The standard InChI is InChI=1S/C17H24N4O2S/c1-21(2)12-11-18-16-8-9-17(19-14-16)20-24(22,23)13-10-15-6-4-3-5-7-15/h3-9,14,18H,10-13H2,1-2H3,(H,19,20). The summed E-state index contributed by atoms with van der Waals surface area (Å²) in [4.78, 5) is 6.23. The van der Waals surface area contributed by atoms with Crippen molar-refractivity contribution in [1.29, 1.82) is 0 Å². The van der Waals surface area contributed by atoms with Crippen molar-refractivity contribution >= 4 is 21.5 Å². The minimum atomic E-state index is -3.41. The van der Waals surface area contributed by atoms with Gasteiger partial charge >= 0.3 is 0 Å². The number of anilines is 2. The highest BCUT2D eigenvalue weighted by Crippen LogP contribution is 2.11. The molecule has 0 radical (unpaired) electrons. The van der Waals surface area contributed by atoms with Crippen molar-refractivity contribution < 1.29 is 8.42 Å². The lowest BCUT2D eigenvalue weighted by atomic mass is 10.2. The molecule has 0 fully saturated rings. The fourth-order valence-corrected chi connectivity index (χ4v) is 3.14. The predicted molar refractivity (Wildman–Crippen MR) is 98.8 cm³/mol. The van der Waals surface area contributed by atoms with Crippen LogP contribution in [0.25, 0.3) is 0 Å². The summed E-state index contributed by atoms with van der Waals surface area (Å²) in [7, 11) is 0.601. The van der Waals surface area contributed by atoms with Gasteiger partial charge in [0.1, 0.15) is 5.82 Å². The molecule has 130 valence electrons. The molecule has 2 N–H and O–H groups in total. The van der Waals surface area contributed by atoms with Crippen molar-refractivity contribution in [2.24, 2.45) is 0 Å². The SMILES string of the molecule is CN(C)CCNc1ccc(NS(=O)(=O)CCc2ccccc2)nc1. The molecule has 0 saturated carbocycles. The zero-order valence-electron chi connectivity index (χ0n) is 14.1. The zero-order valence-corrected chi connectivity index (χ0v) is 14.9. The van der Waals surface area contributed by atoms with Crippen LogP contribution in [0.1, 0.15) is 5.56 Å². The van der Waals surface area contributed by atoms with Crippen molar-refractivity contribution in [1.82, 2.24) is 9.88 Å². The molecule has 0 unspecified atom stereocenters. The van der Waals surface area contributed by atoms with Crippen LogP contribution in [0, 0.1) is 0 Å². The Morgan fingerprint density at radius 2 is 1.83 bits per heavy atom. The number of hydrogen-bond donors (Lipinski definition) is 2. The molecule has 0 amide bonds. The minimum Gasteiger partial charge on any atom is -0.383 e. The van der Waals surface area contributed by atoms with Gasteiger partial charge < -0.3 is 10.2 Å². The Labute approximate surface area is 144 Å². The van der Waals surface area contributed by atoms with E-state index in [-0.39, 0.29) is 5.75 Å². The molecule has 0 saturated heterocycles. The molecule has 7 heteroatoms. The average molecular weight is 348 g/mol. The van der Waals surface area contributed by atoms with Gasteiger partial charge in [0.25, 0.3) is 0 Å². The van der Waals surface area contributed by atoms with E-state index in [1.54, 1.807) is 12.3 Å². The summed E-state index contributed by atoms with van der Waals surface area (Å²) in [6.07, 6.45) is 2.10. The van der Waals surface area contributed by atoms with Crippen LogP contribution in [0.2, 0.25) is 0 Å². The van der Waals surface area contributed by atoms with Gasteiger partial charge in [-0.15, -0.1) is 0 Å². The molecular weight excluding hydrogens is 324 g/mol. The lowest BCUT2D eigenvalue weighted by molar-refractivity contribution is 0.425. The van der Waals surface area contributed by atoms with Crippen LogP contribution in [0.4, 0.5) is 11.5 Å². The largest absolute Gasteiger partial charge is 0.383 e. The number of benzene rings is 1. The first-order valence-corrected chi connectivity index (χ1v) is 9.49. The Hall–Kier alpha value is -2.12. The van der Waals surface area contributed by atoms with Gasteiger partial charge in [-0.3, -0.25) is 4.72 Å². The van der Waals surface area contributed by atoms with E-state index in [4.69, 9.17) is 0 Å². The monoisotopic (exact) mass is 348 g/mol. The topological polar surface area (TPSA) is 74.3 Å². The van der Waals surface area contributed by atoms with Crippen LogP contribution in [-0.4, -0.2) is 51.2 Å². The lowest BCUT2D eigenvalue weighted by Gasteiger charge is -2.12. The number of rotatable bonds is 9. The maximum absolute atomic E-state index is 12.1. The smallest absolute Gasteiger partial charge is 0.234 e. The van der Waals surface area contributed by atoms with Crippen LogP contribution < -0.4 is 10.0 Å². The highest BCUT2D eigenvalue weighted by Gasteiger charge is 2.11. The van der Waals surface area contributed by atoms with E-state index in [1.165, 1.54) is 0 Å². The van der Waals surface area contributed by atoms with E-state index in [1.807, 2.05) is 50.5 Å². The number of nitrogens with one attached hydrogen (secondary N) is 2. The lowest BCUT2D eigenvalue weighted by Crippen LogP contribution is -2.21. The van der Waals surface area contributed by atoms with Gasteiger partial charge in [-0.25, -0.2) is 13.4 Å². The van der Waals surface area contributed by atoms with Crippen LogP contribution in [0.5, 0.6) is 0 Å². The number of aromatic nitrogens is 1. The van der Waals surface area contributed by atoms with Gasteiger partial charge in [0, 0.05) is 13.1 Å². The van der Waals surface area contributed by atoms with E-state index in [9.17, 15) is 8.42 Å². The number of sulfonamides is 1. The second kappa shape index (κ2) is 8.65. The number of nitrogens with zero attached hydrogens (tertiary/aromatic N) is 2. The van der Waals surface area contributed by atoms with Crippen molar-refractivity contribution in [3.63, 3.8) is 0 Å². The zero-order chi connectivity index (χ0) is 17.4. The number of hydrogen-bond acceptors (Lipinski definition) is 5. The Kier molecular flexibility index (Phi) is 6.57. The molecule has 6 nitrogen and oxygen atoms in total. The summed E-state index contributed by atoms with van der Waals surface area (Å²) < 4.78 is 26.8. The first-order valence-electron chi connectivity index (χ1n) is 7.84. The summed E-state index contributed by atoms with van der Waals surface area (Å²) in [5, 5.41) is 3.23. The van der Waals surface area contributed by atoms with Crippen LogP contribution in [0.3, 0.4) is 0 Å².